The summed E-state index contributed by atoms with van der Waals surface area (Å²) >= 11 is 0. The van der Waals surface area contributed by atoms with Crippen LogP contribution in [0.4, 0.5) is 5.69 Å². The minimum atomic E-state index is -0.226. The van der Waals surface area contributed by atoms with Crippen LogP contribution in [0.25, 0.3) is 5.69 Å². The SMILES string of the molecule is O=C1COc2ccc(C(=O)NCCc3cnn(-c4ccccc4)c3)cc2N1. The zero-order chi connectivity index (χ0) is 18.6. The first-order valence-electron chi connectivity index (χ1n) is 8.63. The fraction of sp³-hybridized carbons (Fsp3) is 0.150. The van der Waals surface area contributed by atoms with Crippen LogP contribution in [0.5, 0.6) is 5.75 Å². The second kappa shape index (κ2) is 7.33. The molecule has 27 heavy (non-hydrogen) atoms. The van der Waals surface area contributed by atoms with E-state index in [9.17, 15) is 9.59 Å². The van der Waals surface area contributed by atoms with Gasteiger partial charge in [-0.05, 0) is 42.3 Å². The Hall–Kier alpha value is -3.61. The molecule has 0 atom stereocenters. The molecule has 0 spiro atoms. The maximum Gasteiger partial charge on any atom is 0.262 e. The fourth-order valence-corrected chi connectivity index (χ4v) is 2.86. The molecule has 2 heterocycles. The second-order valence-corrected chi connectivity index (χ2v) is 6.18. The van der Waals surface area contributed by atoms with Crippen LogP contribution in [0.3, 0.4) is 0 Å². The van der Waals surface area contributed by atoms with Crippen LogP contribution >= 0.6 is 0 Å². The van der Waals surface area contributed by atoms with E-state index in [0.717, 1.165) is 11.3 Å². The molecule has 2 amide bonds. The molecule has 1 aliphatic heterocycles. The molecule has 0 aliphatic carbocycles. The Morgan fingerprint density at radius 2 is 2.07 bits per heavy atom. The van der Waals surface area contributed by atoms with Crippen molar-refractivity contribution in [1.29, 1.82) is 0 Å². The summed E-state index contributed by atoms with van der Waals surface area (Å²) in [7, 11) is 0. The minimum Gasteiger partial charge on any atom is -0.482 e. The van der Waals surface area contributed by atoms with Gasteiger partial charge in [-0.25, -0.2) is 4.68 Å². The van der Waals surface area contributed by atoms with Crippen molar-refractivity contribution in [2.45, 2.75) is 6.42 Å². The summed E-state index contributed by atoms with van der Waals surface area (Å²) in [6, 6.07) is 14.8. The highest BCUT2D eigenvalue weighted by Gasteiger charge is 2.17. The monoisotopic (exact) mass is 362 g/mol. The van der Waals surface area contributed by atoms with Gasteiger partial charge >= 0.3 is 0 Å². The molecule has 0 radical (unpaired) electrons. The second-order valence-electron chi connectivity index (χ2n) is 6.18. The van der Waals surface area contributed by atoms with Gasteiger partial charge in [-0.3, -0.25) is 9.59 Å². The first-order chi connectivity index (χ1) is 13.2. The van der Waals surface area contributed by atoms with Gasteiger partial charge < -0.3 is 15.4 Å². The standard InChI is InChI=1S/C20H18N4O3/c25-19-13-27-18-7-6-15(10-17(18)23-19)20(26)21-9-8-14-11-22-24(12-14)16-4-2-1-3-5-16/h1-7,10-12H,8-9,13H2,(H,21,26)(H,23,25). The van der Waals surface area contributed by atoms with Gasteiger partial charge in [0, 0.05) is 18.3 Å². The minimum absolute atomic E-state index is 0.00475. The number of aromatic nitrogens is 2. The first kappa shape index (κ1) is 16.8. The molecule has 7 nitrogen and oxygen atoms in total. The van der Waals surface area contributed by atoms with Crippen molar-refractivity contribution in [3.8, 4) is 11.4 Å². The Bertz CT molecular complexity index is 982. The van der Waals surface area contributed by atoms with Gasteiger partial charge in [0.25, 0.3) is 11.8 Å². The van der Waals surface area contributed by atoms with Gasteiger partial charge in [-0.1, -0.05) is 18.2 Å². The molecule has 0 unspecified atom stereocenters. The number of hydrogen-bond acceptors (Lipinski definition) is 4. The van der Waals surface area contributed by atoms with Gasteiger partial charge in [0.05, 0.1) is 17.6 Å². The van der Waals surface area contributed by atoms with E-state index in [4.69, 9.17) is 4.74 Å². The average Bonchev–Trinajstić information content (AvgIpc) is 3.17. The highest BCUT2D eigenvalue weighted by Crippen LogP contribution is 2.28. The lowest BCUT2D eigenvalue weighted by Gasteiger charge is -2.18. The van der Waals surface area contributed by atoms with Gasteiger partial charge in [0.1, 0.15) is 5.75 Å². The smallest absolute Gasteiger partial charge is 0.262 e. The van der Waals surface area contributed by atoms with Crippen molar-refractivity contribution in [1.82, 2.24) is 15.1 Å². The van der Waals surface area contributed by atoms with E-state index in [0.29, 0.717) is 30.0 Å². The summed E-state index contributed by atoms with van der Waals surface area (Å²) in [5, 5.41) is 9.93. The predicted octanol–water partition coefficient (Wildman–Crippen LogP) is 2.18. The van der Waals surface area contributed by atoms with E-state index >= 15 is 0 Å². The van der Waals surface area contributed by atoms with Crippen LogP contribution in [0, 0.1) is 0 Å². The highest BCUT2D eigenvalue weighted by atomic mass is 16.5. The maximum absolute atomic E-state index is 12.3. The summed E-state index contributed by atoms with van der Waals surface area (Å²) in [4.78, 5) is 23.7. The lowest BCUT2D eigenvalue weighted by Crippen LogP contribution is -2.28. The van der Waals surface area contributed by atoms with Gasteiger partial charge in [0.2, 0.25) is 0 Å². The Balaban J connectivity index is 1.34. The van der Waals surface area contributed by atoms with Gasteiger partial charge in [-0.15, -0.1) is 0 Å². The zero-order valence-corrected chi connectivity index (χ0v) is 14.5. The van der Waals surface area contributed by atoms with E-state index < -0.39 is 0 Å². The van der Waals surface area contributed by atoms with Crippen molar-refractivity contribution in [3.05, 3.63) is 72.1 Å². The quantitative estimate of drug-likeness (QED) is 0.728. The number of amides is 2. The third-order valence-electron chi connectivity index (χ3n) is 4.23. The first-order valence-corrected chi connectivity index (χ1v) is 8.63. The number of anilines is 1. The molecule has 1 aliphatic rings. The molecule has 0 bridgehead atoms. The molecular weight excluding hydrogens is 344 g/mol. The Morgan fingerprint density at radius 1 is 1.22 bits per heavy atom. The van der Waals surface area contributed by atoms with E-state index in [2.05, 4.69) is 15.7 Å². The number of nitrogens with zero attached hydrogens (tertiary/aromatic N) is 2. The molecule has 7 heteroatoms. The van der Waals surface area contributed by atoms with E-state index in [1.54, 1.807) is 24.4 Å². The van der Waals surface area contributed by atoms with Gasteiger partial charge in [0.15, 0.2) is 6.61 Å². The third kappa shape index (κ3) is 3.82. The van der Waals surface area contributed by atoms with Crippen LogP contribution < -0.4 is 15.4 Å². The van der Waals surface area contributed by atoms with E-state index in [1.807, 2.05) is 41.2 Å². The molecular formula is C20H18N4O3. The number of nitrogens with one attached hydrogen (secondary N) is 2. The topological polar surface area (TPSA) is 85.2 Å². The number of rotatable bonds is 5. The van der Waals surface area contributed by atoms with Crippen LogP contribution in [0.15, 0.2) is 60.9 Å². The molecule has 1 aromatic heterocycles. The normalized spacial score (nSPS) is 12.7. The number of para-hydroxylation sites is 1. The van der Waals surface area contributed by atoms with Crippen molar-refractivity contribution >= 4 is 17.5 Å². The number of hydrogen-bond donors (Lipinski definition) is 2. The van der Waals surface area contributed by atoms with Crippen LogP contribution in [0.2, 0.25) is 0 Å². The van der Waals surface area contributed by atoms with E-state index in [-0.39, 0.29) is 18.4 Å². The summed E-state index contributed by atoms with van der Waals surface area (Å²) in [6.07, 6.45) is 4.42. The highest BCUT2D eigenvalue weighted by molar-refractivity contribution is 5.99. The summed E-state index contributed by atoms with van der Waals surface area (Å²) in [5.74, 6) is 0.142. The van der Waals surface area contributed by atoms with Crippen molar-refractivity contribution in [2.75, 3.05) is 18.5 Å². The fourth-order valence-electron chi connectivity index (χ4n) is 2.86. The molecule has 0 saturated heterocycles. The molecule has 0 saturated carbocycles. The number of carbonyl (C=O) groups is 2. The third-order valence-corrected chi connectivity index (χ3v) is 4.23. The Kier molecular flexibility index (Phi) is 4.57. The van der Waals surface area contributed by atoms with Crippen molar-refractivity contribution in [3.63, 3.8) is 0 Å². The maximum atomic E-state index is 12.3. The lowest BCUT2D eigenvalue weighted by atomic mass is 10.1. The summed E-state index contributed by atoms with van der Waals surface area (Å²) in [5.41, 5.74) is 3.01. The van der Waals surface area contributed by atoms with Crippen molar-refractivity contribution < 1.29 is 14.3 Å². The molecule has 4 rings (SSSR count). The summed E-state index contributed by atoms with van der Waals surface area (Å²) in [6.45, 7) is 0.481. The predicted molar refractivity (Wildman–Crippen MR) is 100 cm³/mol. The number of fused-ring (bicyclic) bond motifs is 1. The van der Waals surface area contributed by atoms with E-state index in [1.165, 1.54) is 0 Å². The zero-order valence-electron chi connectivity index (χ0n) is 14.5. The summed E-state index contributed by atoms with van der Waals surface area (Å²) < 4.78 is 7.10. The molecule has 136 valence electrons. The molecule has 3 aromatic rings. The lowest BCUT2D eigenvalue weighted by molar-refractivity contribution is -0.118. The number of ether oxygens (including phenoxy) is 1. The van der Waals surface area contributed by atoms with Crippen LogP contribution in [0.1, 0.15) is 15.9 Å². The average molecular weight is 362 g/mol. The number of benzene rings is 2. The van der Waals surface area contributed by atoms with Crippen molar-refractivity contribution in [2.24, 2.45) is 0 Å². The van der Waals surface area contributed by atoms with Gasteiger partial charge in [-0.2, -0.15) is 5.10 Å². The largest absolute Gasteiger partial charge is 0.482 e. The molecule has 0 fully saturated rings. The Morgan fingerprint density at radius 3 is 2.93 bits per heavy atom. The van der Waals surface area contributed by atoms with Crippen LogP contribution in [-0.2, 0) is 11.2 Å². The molecule has 2 aromatic carbocycles. The molecule has 2 N–H and O–H groups in total. The Labute approximate surface area is 156 Å². The number of carbonyl (C=O) groups excluding carboxylic acids is 2. The van der Waals surface area contributed by atoms with Crippen LogP contribution in [-0.4, -0.2) is 34.7 Å².